The van der Waals surface area contributed by atoms with Crippen LogP contribution in [0.5, 0.6) is 0 Å². The first-order valence-corrected chi connectivity index (χ1v) is 21.8. The Morgan fingerprint density at radius 1 is 0.500 bits per heavy atom. The number of aromatic nitrogens is 2. The van der Waals surface area contributed by atoms with E-state index in [1.54, 1.807) is 0 Å². The molecule has 10 aromatic rings. The SMILES string of the molecule is C=C(CCC(=C)n1c2ccccc2c2ccccc21)c1c2ccccc2c(Cc2ccc(-n3c4ccccc4c4ccccc43)cc2)c2ccc(B3OC(C)(C)C(C)(C)O3)cc12. The molecule has 0 N–H and O–H groups in total. The van der Waals surface area contributed by atoms with E-state index < -0.39 is 18.3 Å². The first-order chi connectivity index (χ1) is 30.1. The van der Waals surface area contributed by atoms with E-state index in [1.165, 1.54) is 81.8 Å². The zero-order chi connectivity index (χ0) is 42.3. The number of allylic oxidation sites excluding steroid dienone is 2. The van der Waals surface area contributed by atoms with E-state index in [-0.39, 0.29) is 0 Å². The van der Waals surface area contributed by atoms with Gasteiger partial charge in [-0.2, -0.15) is 0 Å². The maximum Gasteiger partial charge on any atom is 0.494 e. The summed E-state index contributed by atoms with van der Waals surface area (Å²) < 4.78 is 18.0. The van der Waals surface area contributed by atoms with Gasteiger partial charge in [-0.25, -0.2) is 0 Å². The average Bonchev–Trinajstić information content (AvgIpc) is 3.88. The third-order valence-corrected chi connectivity index (χ3v) is 13.8. The van der Waals surface area contributed by atoms with E-state index in [0.717, 1.165) is 41.7 Å². The van der Waals surface area contributed by atoms with Gasteiger partial charge in [0.15, 0.2) is 0 Å². The highest BCUT2D eigenvalue weighted by Gasteiger charge is 2.51. The summed E-state index contributed by atoms with van der Waals surface area (Å²) >= 11 is 0. The lowest BCUT2D eigenvalue weighted by molar-refractivity contribution is 0.00578. The lowest BCUT2D eigenvalue weighted by Crippen LogP contribution is -2.41. The number of rotatable bonds is 9. The molecular formula is C57H49BN2O2. The largest absolute Gasteiger partial charge is 0.494 e. The fourth-order valence-corrected chi connectivity index (χ4v) is 9.95. The van der Waals surface area contributed by atoms with Crippen LogP contribution in [0.25, 0.3) is 82.1 Å². The summed E-state index contributed by atoms with van der Waals surface area (Å²) in [7, 11) is -0.482. The molecule has 0 unspecified atom stereocenters. The second-order valence-corrected chi connectivity index (χ2v) is 18.0. The highest BCUT2D eigenvalue weighted by molar-refractivity contribution is 6.62. The minimum absolute atomic E-state index is 0.452. The Bertz CT molecular complexity index is 3320. The molecule has 0 bridgehead atoms. The van der Waals surface area contributed by atoms with Crippen molar-refractivity contribution in [2.45, 2.75) is 58.2 Å². The Morgan fingerprint density at radius 2 is 0.968 bits per heavy atom. The normalized spacial score (nSPS) is 14.9. The number of hydrogen-bond donors (Lipinski definition) is 0. The Balaban J connectivity index is 1.00. The van der Waals surface area contributed by atoms with Crippen molar-refractivity contribution in [1.29, 1.82) is 0 Å². The Hall–Kier alpha value is -6.66. The van der Waals surface area contributed by atoms with E-state index in [1.807, 2.05) is 0 Å². The summed E-state index contributed by atoms with van der Waals surface area (Å²) in [5.74, 6) is 0. The van der Waals surface area contributed by atoms with E-state index in [2.05, 4.69) is 207 Å². The van der Waals surface area contributed by atoms with E-state index in [4.69, 9.17) is 15.9 Å². The number of benzene rings is 8. The monoisotopic (exact) mass is 804 g/mol. The number of nitrogens with zero attached hydrogens (tertiary/aromatic N) is 2. The van der Waals surface area contributed by atoms with Crippen molar-refractivity contribution in [1.82, 2.24) is 9.13 Å². The van der Waals surface area contributed by atoms with Gasteiger partial charge in [0.25, 0.3) is 0 Å². The van der Waals surface area contributed by atoms with Crippen molar-refractivity contribution in [2.75, 3.05) is 0 Å². The van der Waals surface area contributed by atoms with Gasteiger partial charge in [-0.05, 0) is 133 Å². The highest BCUT2D eigenvalue weighted by Crippen LogP contribution is 2.42. The second kappa shape index (κ2) is 14.5. The van der Waals surface area contributed by atoms with E-state index in [0.29, 0.717) is 0 Å². The fraction of sp³-hybridized carbons (Fsp3) is 0.158. The molecule has 0 atom stereocenters. The highest BCUT2D eigenvalue weighted by atomic mass is 16.7. The van der Waals surface area contributed by atoms with E-state index in [9.17, 15) is 0 Å². The van der Waals surface area contributed by atoms with Gasteiger partial charge in [0, 0.05) is 32.9 Å². The van der Waals surface area contributed by atoms with Crippen molar-refractivity contribution >= 4 is 89.0 Å². The molecule has 0 radical (unpaired) electrons. The lowest BCUT2D eigenvalue weighted by atomic mass is 9.76. The third-order valence-electron chi connectivity index (χ3n) is 13.8. The molecule has 62 heavy (non-hydrogen) atoms. The molecule has 1 saturated heterocycles. The molecular weight excluding hydrogens is 755 g/mol. The summed E-state index contributed by atoms with van der Waals surface area (Å²) in [6.07, 6.45) is 2.29. The van der Waals surface area contributed by atoms with Crippen LogP contribution < -0.4 is 5.46 Å². The number of para-hydroxylation sites is 4. The molecule has 0 spiro atoms. The fourth-order valence-electron chi connectivity index (χ4n) is 9.95. The van der Waals surface area contributed by atoms with Gasteiger partial charge in [0.05, 0.1) is 33.3 Å². The summed E-state index contributed by atoms with van der Waals surface area (Å²) in [4.78, 5) is 0. The molecule has 1 aliphatic rings. The van der Waals surface area contributed by atoms with Gasteiger partial charge < -0.3 is 18.4 Å². The molecule has 0 amide bonds. The minimum Gasteiger partial charge on any atom is -0.399 e. The molecule has 302 valence electrons. The molecule has 11 rings (SSSR count). The maximum absolute atomic E-state index is 6.64. The van der Waals surface area contributed by atoms with Gasteiger partial charge in [-0.15, -0.1) is 0 Å². The Morgan fingerprint density at radius 3 is 1.53 bits per heavy atom. The summed E-state index contributed by atoms with van der Waals surface area (Å²) in [5, 5.41) is 9.85. The van der Waals surface area contributed by atoms with Crippen LogP contribution in [0, 0.1) is 0 Å². The second-order valence-electron chi connectivity index (χ2n) is 18.0. The van der Waals surface area contributed by atoms with Crippen molar-refractivity contribution in [3.63, 3.8) is 0 Å². The standard InChI is InChI=1S/C57H49BN2O2/c1-37(27-28-38(2)59-51-23-13-9-18-44(51)45-19-10-14-24-52(45)59)55-48-22-8-7-17-42(48)49(43-34-31-40(36-50(43)55)58-61-56(3,4)57(5,6)62-58)35-39-29-32-41(33-30-39)60-53-25-15-11-20-46(53)47-21-12-16-26-54(47)60/h7-26,29-34,36H,1-2,27-28,35H2,3-6H3. The van der Waals surface area contributed by atoms with Crippen LogP contribution >= 0.6 is 0 Å². The van der Waals surface area contributed by atoms with Crippen LogP contribution in [0.2, 0.25) is 0 Å². The van der Waals surface area contributed by atoms with E-state index >= 15 is 0 Å². The Kier molecular flexibility index (Phi) is 8.94. The van der Waals surface area contributed by atoms with Gasteiger partial charge in [0.2, 0.25) is 0 Å². The van der Waals surface area contributed by atoms with Crippen LogP contribution in [-0.4, -0.2) is 27.5 Å². The van der Waals surface area contributed by atoms with Crippen LogP contribution in [0.1, 0.15) is 57.2 Å². The molecule has 0 saturated carbocycles. The van der Waals surface area contributed by atoms with Gasteiger partial charge in [-0.3, -0.25) is 0 Å². The first-order valence-electron chi connectivity index (χ1n) is 21.8. The maximum atomic E-state index is 6.64. The summed E-state index contributed by atoms with van der Waals surface area (Å²) in [6, 6.07) is 59.5. The van der Waals surface area contributed by atoms with Gasteiger partial charge in [-0.1, -0.05) is 141 Å². The van der Waals surface area contributed by atoms with Crippen molar-refractivity contribution in [3.8, 4) is 5.69 Å². The van der Waals surface area contributed by atoms with Gasteiger partial charge in [0.1, 0.15) is 0 Å². The smallest absolute Gasteiger partial charge is 0.399 e. The van der Waals surface area contributed by atoms with Gasteiger partial charge >= 0.3 is 7.12 Å². The van der Waals surface area contributed by atoms with Crippen molar-refractivity contribution in [2.24, 2.45) is 0 Å². The predicted molar refractivity (Wildman–Crippen MR) is 264 cm³/mol. The zero-order valence-corrected chi connectivity index (χ0v) is 35.9. The molecule has 0 aliphatic carbocycles. The molecule has 1 fully saturated rings. The van der Waals surface area contributed by atoms with Crippen LogP contribution in [-0.2, 0) is 15.7 Å². The zero-order valence-electron chi connectivity index (χ0n) is 35.9. The summed E-state index contributed by atoms with van der Waals surface area (Å²) in [6.45, 7) is 18.0. The third kappa shape index (κ3) is 6.06. The van der Waals surface area contributed by atoms with Crippen molar-refractivity contribution in [3.05, 3.63) is 194 Å². The van der Waals surface area contributed by atoms with Crippen LogP contribution in [0.3, 0.4) is 0 Å². The molecule has 2 aromatic heterocycles. The van der Waals surface area contributed by atoms with Crippen molar-refractivity contribution < 1.29 is 9.31 Å². The van der Waals surface area contributed by atoms with Crippen LogP contribution in [0.4, 0.5) is 0 Å². The topological polar surface area (TPSA) is 28.3 Å². The summed E-state index contributed by atoms with van der Waals surface area (Å²) in [5.41, 5.74) is 11.9. The minimum atomic E-state index is -0.482. The molecule has 4 nitrogen and oxygen atoms in total. The molecule has 3 heterocycles. The lowest BCUT2D eigenvalue weighted by Gasteiger charge is -2.32. The quantitative estimate of drug-likeness (QED) is 0.107. The number of fused-ring (bicyclic) bond motifs is 8. The van der Waals surface area contributed by atoms with Crippen LogP contribution in [0.15, 0.2) is 177 Å². The Labute approximate surface area is 363 Å². The first kappa shape index (κ1) is 38.3. The average molecular weight is 805 g/mol. The molecule has 1 aliphatic heterocycles. The molecule has 5 heteroatoms. The predicted octanol–water partition coefficient (Wildman–Crippen LogP) is 14.1. The molecule has 8 aromatic carbocycles. The number of hydrogen-bond acceptors (Lipinski definition) is 2.